The molecule has 0 saturated carbocycles. The molecule has 0 spiro atoms. The minimum Gasteiger partial charge on any atom is -0.367 e. The summed E-state index contributed by atoms with van der Waals surface area (Å²) in [6.45, 7) is 5.43. The monoisotopic (exact) mass is 279 g/mol. The van der Waals surface area contributed by atoms with Gasteiger partial charge in [-0.3, -0.25) is 0 Å². The van der Waals surface area contributed by atoms with Crippen LogP contribution in [-0.2, 0) is 0 Å². The highest BCUT2D eigenvalue weighted by Gasteiger charge is 2.23. The molecule has 1 saturated heterocycles. The first kappa shape index (κ1) is 13.9. The number of anilines is 1. The highest BCUT2D eigenvalue weighted by atomic mass is 15.2. The summed E-state index contributed by atoms with van der Waals surface area (Å²) < 4.78 is 0. The van der Waals surface area contributed by atoms with Gasteiger partial charge in [0.15, 0.2) is 0 Å². The maximum Gasteiger partial charge on any atom is 0.0998 e. The summed E-state index contributed by atoms with van der Waals surface area (Å²) in [7, 11) is 0. The number of nitriles is 1. The van der Waals surface area contributed by atoms with Crippen molar-refractivity contribution < 1.29 is 0 Å². The van der Waals surface area contributed by atoms with Gasteiger partial charge < -0.3 is 10.2 Å². The zero-order valence-electron chi connectivity index (χ0n) is 12.5. The van der Waals surface area contributed by atoms with E-state index in [9.17, 15) is 5.26 Å². The normalized spacial score (nSPS) is 17.8. The number of benzene rings is 2. The Hall–Kier alpha value is -2.05. The van der Waals surface area contributed by atoms with Gasteiger partial charge in [-0.25, -0.2) is 0 Å². The molecule has 1 unspecified atom stereocenters. The molecule has 1 N–H and O–H groups in total. The van der Waals surface area contributed by atoms with Crippen molar-refractivity contribution in [3.05, 3.63) is 42.0 Å². The van der Waals surface area contributed by atoms with Crippen LogP contribution in [0.5, 0.6) is 0 Å². The zero-order valence-corrected chi connectivity index (χ0v) is 12.5. The Balaban J connectivity index is 2.11. The predicted molar refractivity (Wildman–Crippen MR) is 87.6 cm³/mol. The number of hydrogen-bond acceptors (Lipinski definition) is 3. The number of fused-ring (bicyclic) bond motifs is 1. The molecule has 0 amide bonds. The van der Waals surface area contributed by atoms with E-state index in [1.54, 1.807) is 0 Å². The van der Waals surface area contributed by atoms with Crippen molar-refractivity contribution in [2.75, 3.05) is 24.5 Å². The van der Waals surface area contributed by atoms with E-state index in [4.69, 9.17) is 0 Å². The van der Waals surface area contributed by atoms with Gasteiger partial charge in [-0.05, 0) is 31.5 Å². The van der Waals surface area contributed by atoms with E-state index in [1.165, 1.54) is 17.5 Å². The average Bonchev–Trinajstić information content (AvgIpc) is 3.06. The molecule has 3 rings (SSSR count). The van der Waals surface area contributed by atoms with Crippen LogP contribution in [0.1, 0.15) is 25.3 Å². The lowest BCUT2D eigenvalue weighted by atomic mass is 10.0. The number of nitrogens with zero attached hydrogens (tertiary/aromatic N) is 2. The van der Waals surface area contributed by atoms with E-state index in [2.05, 4.69) is 47.5 Å². The molecule has 108 valence electrons. The second kappa shape index (κ2) is 6.15. The van der Waals surface area contributed by atoms with Crippen LogP contribution in [0.2, 0.25) is 0 Å². The lowest BCUT2D eigenvalue weighted by molar-refractivity contribution is 0.627. The Labute approximate surface area is 126 Å². The van der Waals surface area contributed by atoms with E-state index in [0.717, 1.165) is 37.0 Å². The molecular weight excluding hydrogens is 258 g/mol. The van der Waals surface area contributed by atoms with Crippen LogP contribution in [0.15, 0.2) is 36.4 Å². The molecule has 0 aliphatic carbocycles. The topological polar surface area (TPSA) is 39.1 Å². The smallest absolute Gasteiger partial charge is 0.0998 e. The van der Waals surface area contributed by atoms with Gasteiger partial charge in [-0.15, -0.1) is 0 Å². The molecule has 1 heterocycles. The van der Waals surface area contributed by atoms with E-state index < -0.39 is 0 Å². The molecule has 2 aromatic carbocycles. The molecule has 0 radical (unpaired) electrons. The fourth-order valence-corrected chi connectivity index (χ4v) is 3.28. The van der Waals surface area contributed by atoms with Crippen LogP contribution in [0.3, 0.4) is 0 Å². The minimum atomic E-state index is 0.557. The predicted octanol–water partition coefficient (Wildman–Crippen LogP) is 3.29. The van der Waals surface area contributed by atoms with Crippen molar-refractivity contribution in [3.63, 3.8) is 0 Å². The Morgan fingerprint density at radius 3 is 2.71 bits per heavy atom. The van der Waals surface area contributed by atoms with Gasteiger partial charge in [0.2, 0.25) is 0 Å². The van der Waals surface area contributed by atoms with Gasteiger partial charge in [0.05, 0.1) is 11.6 Å². The highest BCUT2D eigenvalue weighted by Crippen LogP contribution is 2.31. The fourth-order valence-electron chi connectivity index (χ4n) is 3.28. The Morgan fingerprint density at radius 2 is 2.05 bits per heavy atom. The lowest BCUT2D eigenvalue weighted by Gasteiger charge is -2.31. The van der Waals surface area contributed by atoms with Crippen molar-refractivity contribution in [2.24, 2.45) is 0 Å². The van der Waals surface area contributed by atoms with Crippen LogP contribution in [0, 0.1) is 11.3 Å². The van der Waals surface area contributed by atoms with E-state index in [0.29, 0.717) is 6.04 Å². The van der Waals surface area contributed by atoms with Gasteiger partial charge in [0, 0.05) is 35.6 Å². The molecule has 1 aliphatic heterocycles. The van der Waals surface area contributed by atoms with E-state index in [-0.39, 0.29) is 0 Å². The Morgan fingerprint density at radius 1 is 1.24 bits per heavy atom. The lowest BCUT2D eigenvalue weighted by Crippen LogP contribution is -2.37. The highest BCUT2D eigenvalue weighted by molar-refractivity contribution is 5.98. The summed E-state index contributed by atoms with van der Waals surface area (Å²) in [6, 6.07) is 15.2. The molecular formula is C18H21N3. The molecule has 1 atom stereocenters. The first-order chi connectivity index (χ1) is 10.3. The third-order valence-corrected chi connectivity index (χ3v) is 4.27. The number of rotatable bonds is 4. The minimum absolute atomic E-state index is 0.557. The largest absolute Gasteiger partial charge is 0.367 e. The van der Waals surface area contributed by atoms with Crippen LogP contribution in [-0.4, -0.2) is 25.7 Å². The molecule has 3 heteroatoms. The molecule has 2 aromatic rings. The summed E-state index contributed by atoms with van der Waals surface area (Å²) in [5.41, 5.74) is 2.02. The number of hydrogen-bond donors (Lipinski definition) is 1. The Bertz CT molecular complexity index is 666. The van der Waals surface area contributed by atoms with Crippen molar-refractivity contribution in [1.29, 1.82) is 5.26 Å². The molecule has 1 aliphatic rings. The SMILES string of the molecule is CCCN(c1ccc(C#N)c2ccccc12)C1CCNC1. The van der Waals surface area contributed by atoms with Gasteiger partial charge in [-0.1, -0.05) is 31.2 Å². The maximum atomic E-state index is 9.31. The van der Waals surface area contributed by atoms with Crippen LogP contribution in [0.4, 0.5) is 5.69 Å². The van der Waals surface area contributed by atoms with E-state index >= 15 is 0 Å². The van der Waals surface area contributed by atoms with Crippen molar-refractivity contribution in [2.45, 2.75) is 25.8 Å². The molecule has 0 bridgehead atoms. The molecule has 21 heavy (non-hydrogen) atoms. The standard InChI is InChI=1S/C18H21N3/c1-2-11-21(15-9-10-20-13-15)18-8-7-14(12-19)16-5-3-4-6-17(16)18/h3-8,15,20H,2,9-11,13H2,1H3. The van der Waals surface area contributed by atoms with Gasteiger partial charge in [0.25, 0.3) is 0 Å². The third kappa shape index (κ3) is 2.59. The molecule has 3 nitrogen and oxygen atoms in total. The molecule has 1 fully saturated rings. The van der Waals surface area contributed by atoms with Gasteiger partial charge in [-0.2, -0.15) is 5.26 Å². The zero-order chi connectivity index (χ0) is 14.7. The van der Waals surface area contributed by atoms with Crippen LogP contribution < -0.4 is 10.2 Å². The summed E-state index contributed by atoms with van der Waals surface area (Å²) in [5, 5.41) is 15.0. The second-order valence-electron chi connectivity index (χ2n) is 5.63. The quantitative estimate of drug-likeness (QED) is 0.933. The van der Waals surface area contributed by atoms with Crippen LogP contribution in [0.25, 0.3) is 10.8 Å². The van der Waals surface area contributed by atoms with Gasteiger partial charge >= 0.3 is 0 Å². The van der Waals surface area contributed by atoms with Crippen molar-refractivity contribution in [1.82, 2.24) is 5.32 Å². The summed E-state index contributed by atoms with van der Waals surface area (Å²) >= 11 is 0. The van der Waals surface area contributed by atoms with Crippen LogP contribution >= 0.6 is 0 Å². The summed E-state index contributed by atoms with van der Waals surface area (Å²) in [6.07, 6.45) is 2.32. The summed E-state index contributed by atoms with van der Waals surface area (Å²) in [4.78, 5) is 2.52. The van der Waals surface area contributed by atoms with Gasteiger partial charge in [0.1, 0.15) is 0 Å². The van der Waals surface area contributed by atoms with Crippen molar-refractivity contribution >= 4 is 16.5 Å². The van der Waals surface area contributed by atoms with Crippen molar-refractivity contribution in [3.8, 4) is 6.07 Å². The summed E-state index contributed by atoms with van der Waals surface area (Å²) in [5.74, 6) is 0. The second-order valence-corrected chi connectivity index (χ2v) is 5.63. The Kier molecular flexibility index (Phi) is 4.08. The van der Waals surface area contributed by atoms with E-state index in [1.807, 2.05) is 12.1 Å². The first-order valence-corrected chi connectivity index (χ1v) is 7.74. The third-order valence-electron chi connectivity index (χ3n) is 4.27. The fraction of sp³-hybridized carbons (Fsp3) is 0.389. The number of nitrogens with one attached hydrogen (secondary N) is 1. The maximum absolute atomic E-state index is 9.31. The molecule has 0 aromatic heterocycles. The first-order valence-electron chi connectivity index (χ1n) is 7.74. The average molecular weight is 279 g/mol.